The fraction of sp³-hybridized carbons (Fsp3) is 0.533. The molecule has 2 rings (SSSR count). The van der Waals surface area contributed by atoms with E-state index in [0.29, 0.717) is 24.0 Å². The van der Waals surface area contributed by atoms with Crippen LogP contribution in [0.15, 0.2) is 18.3 Å². The number of pyridine rings is 1. The van der Waals surface area contributed by atoms with Crippen LogP contribution in [0.3, 0.4) is 0 Å². The zero-order valence-corrected chi connectivity index (χ0v) is 12.6. The van der Waals surface area contributed by atoms with E-state index in [4.69, 9.17) is 0 Å². The topological polar surface area (TPSA) is 74.3 Å². The summed E-state index contributed by atoms with van der Waals surface area (Å²) in [6.45, 7) is 6.37. The van der Waals surface area contributed by atoms with Gasteiger partial charge >= 0.3 is 0 Å². The van der Waals surface area contributed by atoms with Crippen molar-refractivity contribution in [3.8, 4) is 0 Å². The summed E-state index contributed by atoms with van der Waals surface area (Å²) in [6, 6.07) is 3.73. The Bertz CT molecular complexity index is 501. The van der Waals surface area contributed by atoms with Crippen LogP contribution >= 0.6 is 0 Å². The molecule has 1 aromatic heterocycles. The monoisotopic (exact) mass is 290 g/mol. The number of nitrogens with one attached hydrogen (secondary N) is 2. The Kier molecular flexibility index (Phi) is 5.27. The summed E-state index contributed by atoms with van der Waals surface area (Å²) in [7, 11) is 0. The first-order chi connectivity index (χ1) is 10.1. The molecule has 0 spiro atoms. The number of anilines is 1. The Morgan fingerprint density at radius 1 is 1.43 bits per heavy atom. The fourth-order valence-corrected chi connectivity index (χ4v) is 2.64. The van der Waals surface area contributed by atoms with Crippen molar-refractivity contribution in [2.75, 3.05) is 25.0 Å². The third kappa shape index (κ3) is 4.26. The molecule has 0 aliphatic carbocycles. The lowest BCUT2D eigenvalue weighted by Gasteiger charge is -2.22. The van der Waals surface area contributed by atoms with Gasteiger partial charge in [0, 0.05) is 25.7 Å². The third-order valence-corrected chi connectivity index (χ3v) is 3.73. The SMILES string of the molecule is CCN1CCCC1CNC(=O)c1ccc(NC(C)=O)nc1. The molecule has 21 heavy (non-hydrogen) atoms. The Morgan fingerprint density at radius 2 is 2.24 bits per heavy atom. The summed E-state index contributed by atoms with van der Waals surface area (Å²) < 4.78 is 0. The number of hydrogen-bond donors (Lipinski definition) is 2. The molecule has 2 N–H and O–H groups in total. The van der Waals surface area contributed by atoms with Crippen LogP contribution < -0.4 is 10.6 Å². The molecular formula is C15H22N4O2. The highest BCUT2D eigenvalue weighted by Gasteiger charge is 2.23. The summed E-state index contributed by atoms with van der Waals surface area (Å²) in [5.41, 5.74) is 0.505. The molecule has 2 amide bonds. The Balaban J connectivity index is 1.87. The van der Waals surface area contributed by atoms with E-state index in [0.717, 1.165) is 19.5 Å². The largest absolute Gasteiger partial charge is 0.350 e. The van der Waals surface area contributed by atoms with Crippen LogP contribution in [0.1, 0.15) is 37.0 Å². The standard InChI is InChI=1S/C15H22N4O2/c1-3-19-8-4-5-13(19)10-17-15(21)12-6-7-14(16-9-12)18-11(2)20/h6-7,9,13H,3-5,8,10H2,1-2H3,(H,17,21)(H,16,18,20). The van der Waals surface area contributed by atoms with Crippen molar-refractivity contribution in [1.29, 1.82) is 0 Å². The van der Waals surface area contributed by atoms with Gasteiger partial charge in [0.1, 0.15) is 5.82 Å². The minimum Gasteiger partial charge on any atom is -0.350 e. The number of aromatic nitrogens is 1. The molecular weight excluding hydrogens is 268 g/mol. The van der Waals surface area contributed by atoms with Gasteiger partial charge in [0.15, 0.2) is 0 Å². The van der Waals surface area contributed by atoms with E-state index >= 15 is 0 Å². The maximum Gasteiger partial charge on any atom is 0.252 e. The quantitative estimate of drug-likeness (QED) is 0.856. The number of likely N-dealkylation sites (N-methyl/N-ethyl adjacent to an activating group) is 1. The fourth-order valence-electron chi connectivity index (χ4n) is 2.64. The van der Waals surface area contributed by atoms with Gasteiger partial charge in [-0.05, 0) is 38.1 Å². The highest BCUT2D eigenvalue weighted by Crippen LogP contribution is 2.15. The second-order valence-corrected chi connectivity index (χ2v) is 5.25. The molecule has 1 unspecified atom stereocenters. The van der Waals surface area contributed by atoms with Crippen LogP contribution in [0.2, 0.25) is 0 Å². The molecule has 0 radical (unpaired) electrons. The highest BCUT2D eigenvalue weighted by molar-refractivity contribution is 5.94. The molecule has 6 heteroatoms. The summed E-state index contributed by atoms with van der Waals surface area (Å²) in [5.74, 6) is 0.146. The first kappa shape index (κ1) is 15.4. The van der Waals surface area contributed by atoms with Crippen molar-refractivity contribution < 1.29 is 9.59 Å². The van der Waals surface area contributed by atoms with Crippen molar-refractivity contribution in [3.63, 3.8) is 0 Å². The van der Waals surface area contributed by atoms with Gasteiger partial charge in [-0.15, -0.1) is 0 Å². The predicted octanol–water partition coefficient (Wildman–Crippen LogP) is 1.25. The first-order valence-corrected chi connectivity index (χ1v) is 7.36. The van der Waals surface area contributed by atoms with E-state index in [1.54, 1.807) is 12.1 Å². The van der Waals surface area contributed by atoms with Gasteiger partial charge in [-0.3, -0.25) is 14.5 Å². The lowest BCUT2D eigenvalue weighted by molar-refractivity contribution is -0.114. The molecule has 114 valence electrons. The van der Waals surface area contributed by atoms with E-state index in [9.17, 15) is 9.59 Å². The van der Waals surface area contributed by atoms with Crippen molar-refractivity contribution in [3.05, 3.63) is 23.9 Å². The molecule has 1 saturated heterocycles. The van der Waals surface area contributed by atoms with E-state index in [-0.39, 0.29) is 11.8 Å². The predicted molar refractivity (Wildman–Crippen MR) is 81.1 cm³/mol. The van der Waals surface area contributed by atoms with Crippen LogP contribution in [0.5, 0.6) is 0 Å². The molecule has 1 aliphatic rings. The van der Waals surface area contributed by atoms with Crippen LogP contribution in [-0.4, -0.2) is 47.4 Å². The number of rotatable bonds is 5. The highest BCUT2D eigenvalue weighted by atomic mass is 16.2. The zero-order valence-electron chi connectivity index (χ0n) is 12.6. The van der Waals surface area contributed by atoms with Gasteiger partial charge in [-0.1, -0.05) is 6.92 Å². The maximum absolute atomic E-state index is 12.1. The van der Waals surface area contributed by atoms with Crippen molar-refractivity contribution in [2.45, 2.75) is 32.7 Å². The summed E-state index contributed by atoms with van der Waals surface area (Å²) in [6.07, 6.45) is 3.81. The molecule has 1 aromatic rings. The van der Waals surface area contributed by atoms with Crippen molar-refractivity contribution >= 4 is 17.6 Å². The molecule has 1 fully saturated rings. The molecule has 0 saturated carbocycles. The van der Waals surface area contributed by atoms with E-state index in [1.165, 1.54) is 19.5 Å². The summed E-state index contributed by atoms with van der Waals surface area (Å²) >= 11 is 0. The number of carbonyl (C=O) groups excluding carboxylic acids is 2. The molecule has 1 aliphatic heterocycles. The van der Waals surface area contributed by atoms with Crippen molar-refractivity contribution in [2.24, 2.45) is 0 Å². The average Bonchev–Trinajstić information content (AvgIpc) is 2.92. The zero-order chi connectivity index (χ0) is 15.2. The Hall–Kier alpha value is -1.95. The van der Waals surface area contributed by atoms with Crippen molar-refractivity contribution in [1.82, 2.24) is 15.2 Å². The van der Waals surface area contributed by atoms with Gasteiger partial charge < -0.3 is 10.6 Å². The lowest BCUT2D eigenvalue weighted by Crippen LogP contribution is -2.40. The number of amides is 2. The van der Waals surface area contributed by atoms with Gasteiger partial charge in [-0.25, -0.2) is 4.98 Å². The second-order valence-electron chi connectivity index (χ2n) is 5.25. The normalized spacial score (nSPS) is 18.5. The van der Waals surface area contributed by atoms with E-state index < -0.39 is 0 Å². The number of likely N-dealkylation sites (tertiary alicyclic amines) is 1. The molecule has 0 bridgehead atoms. The van der Waals surface area contributed by atoms with Crippen LogP contribution in [0.4, 0.5) is 5.82 Å². The minimum atomic E-state index is -0.180. The Labute approximate surface area is 124 Å². The number of carbonyl (C=O) groups is 2. The molecule has 1 atom stereocenters. The van der Waals surface area contributed by atoms with Gasteiger partial charge in [0.05, 0.1) is 5.56 Å². The first-order valence-electron chi connectivity index (χ1n) is 7.36. The second kappa shape index (κ2) is 7.17. The summed E-state index contributed by atoms with van der Waals surface area (Å²) in [4.78, 5) is 29.4. The van der Waals surface area contributed by atoms with E-state index in [2.05, 4.69) is 27.4 Å². The van der Waals surface area contributed by atoms with Crippen LogP contribution in [0.25, 0.3) is 0 Å². The smallest absolute Gasteiger partial charge is 0.252 e. The van der Waals surface area contributed by atoms with Gasteiger partial charge in [-0.2, -0.15) is 0 Å². The Morgan fingerprint density at radius 3 is 2.86 bits per heavy atom. The van der Waals surface area contributed by atoms with Crippen LogP contribution in [0, 0.1) is 0 Å². The van der Waals surface area contributed by atoms with Crippen LogP contribution in [-0.2, 0) is 4.79 Å². The molecule has 0 aromatic carbocycles. The van der Waals surface area contributed by atoms with Gasteiger partial charge in [0.2, 0.25) is 5.91 Å². The number of nitrogens with zero attached hydrogens (tertiary/aromatic N) is 2. The maximum atomic E-state index is 12.1. The minimum absolute atomic E-state index is 0.125. The molecule has 2 heterocycles. The average molecular weight is 290 g/mol. The van der Waals surface area contributed by atoms with E-state index in [1.807, 2.05) is 0 Å². The molecule has 6 nitrogen and oxygen atoms in total. The third-order valence-electron chi connectivity index (χ3n) is 3.73. The van der Waals surface area contributed by atoms with Gasteiger partial charge in [0.25, 0.3) is 5.91 Å². The summed E-state index contributed by atoms with van der Waals surface area (Å²) in [5, 5.41) is 5.53. The number of hydrogen-bond acceptors (Lipinski definition) is 4. The lowest BCUT2D eigenvalue weighted by atomic mass is 10.2.